The van der Waals surface area contributed by atoms with E-state index in [0.29, 0.717) is 5.75 Å². The van der Waals surface area contributed by atoms with Gasteiger partial charge in [0.05, 0.1) is 0 Å². The highest BCUT2D eigenvalue weighted by Gasteiger charge is 2.52. The Morgan fingerprint density at radius 1 is 1.55 bits per heavy atom. The van der Waals surface area contributed by atoms with Crippen LogP contribution in [0.5, 0.6) is 0 Å². The van der Waals surface area contributed by atoms with Crippen molar-refractivity contribution in [3.05, 3.63) is 11.8 Å². The van der Waals surface area contributed by atoms with E-state index in [0.717, 1.165) is 11.2 Å². The van der Waals surface area contributed by atoms with Crippen LogP contribution in [-0.4, -0.2) is 65.4 Å². The number of nitrogens with zero attached hydrogens (tertiary/aromatic N) is 1. The van der Waals surface area contributed by atoms with Gasteiger partial charge in [0.1, 0.15) is 22.9 Å². The minimum Gasteiger partial charge on any atom is -0.477 e. The molecule has 2 N–H and O–H groups in total. The molecule has 1 fully saturated rings. The molecule has 0 saturated carbocycles. The Bertz CT molecular complexity index is 611. The molecular formula is C10H12N2O6S2. The number of sulfone groups is 1. The van der Waals surface area contributed by atoms with E-state index >= 15 is 0 Å². The average Bonchev–Trinajstić information content (AvgIpc) is 2.32. The monoisotopic (exact) mass is 320 g/mol. The van der Waals surface area contributed by atoms with Gasteiger partial charge in [-0.3, -0.25) is 14.5 Å². The fraction of sp³-hybridized carbons (Fsp3) is 0.500. The third kappa shape index (κ3) is 2.80. The van der Waals surface area contributed by atoms with Gasteiger partial charge >= 0.3 is 5.97 Å². The quantitative estimate of drug-likeness (QED) is 0.598. The first kappa shape index (κ1) is 14.9. The molecule has 10 heteroatoms. The van der Waals surface area contributed by atoms with Crippen LogP contribution in [0, 0.1) is 0 Å². The highest BCUT2D eigenvalue weighted by molar-refractivity contribution is 8.00. The van der Waals surface area contributed by atoms with Gasteiger partial charge in [0.15, 0.2) is 9.84 Å². The number of amides is 2. The van der Waals surface area contributed by atoms with Crippen molar-refractivity contribution in [2.75, 3.05) is 17.8 Å². The van der Waals surface area contributed by atoms with E-state index in [-0.39, 0.29) is 5.70 Å². The van der Waals surface area contributed by atoms with Gasteiger partial charge in [-0.15, -0.1) is 11.8 Å². The minimum absolute atomic E-state index is 0.104. The van der Waals surface area contributed by atoms with Crippen molar-refractivity contribution in [1.29, 1.82) is 0 Å². The Morgan fingerprint density at radius 2 is 2.20 bits per heavy atom. The van der Waals surface area contributed by atoms with Crippen LogP contribution in [0.15, 0.2) is 11.8 Å². The van der Waals surface area contributed by atoms with Crippen LogP contribution in [-0.2, 0) is 24.2 Å². The molecule has 0 aromatic heterocycles. The molecule has 2 rings (SSSR count). The lowest BCUT2D eigenvalue weighted by Crippen LogP contribution is -2.70. The van der Waals surface area contributed by atoms with E-state index < -0.39 is 44.8 Å². The van der Waals surface area contributed by atoms with Crippen molar-refractivity contribution in [1.82, 2.24) is 10.2 Å². The number of thioether (sulfide) groups is 1. The number of carboxylic acids is 1. The molecule has 2 amide bonds. The van der Waals surface area contributed by atoms with Crippen LogP contribution in [0.3, 0.4) is 0 Å². The van der Waals surface area contributed by atoms with Crippen molar-refractivity contribution in [3.8, 4) is 0 Å². The van der Waals surface area contributed by atoms with Crippen molar-refractivity contribution in [2.45, 2.75) is 11.4 Å². The normalized spacial score (nSPS) is 25.4. The van der Waals surface area contributed by atoms with Gasteiger partial charge in [0, 0.05) is 12.0 Å². The van der Waals surface area contributed by atoms with Crippen LogP contribution >= 0.6 is 11.8 Å². The number of rotatable bonds is 4. The zero-order valence-electron chi connectivity index (χ0n) is 10.4. The second kappa shape index (κ2) is 5.09. The summed E-state index contributed by atoms with van der Waals surface area (Å²) < 4.78 is 22.0. The lowest BCUT2D eigenvalue weighted by molar-refractivity contribution is -0.150. The van der Waals surface area contributed by atoms with Crippen molar-refractivity contribution in [3.63, 3.8) is 0 Å². The summed E-state index contributed by atoms with van der Waals surface area (Å²) in [7, 11) is -3.47. The maximum atomic E-state index is 11.9. The van der Waals surface area contributed by atoms with Gasteiger partial charge in [0.25, 0.3) is 5.91 Å². The van der Waals surface area contributed by atoms with E-state index in [1.807, 2.05) is 0 Å². The van der Waals surface area contributed by atoms with Crippen molar-refractivity contribution < 1.29 is 27.9 Å². The number of β-lactam (4-membered cyclic amide) rings is 1. The predicted octanol–water partition coefficient (Wildman–Crippen LogP) is -1.60. The Kier molecular flexibility index (Phi) is 3.78. The first-order valence-electron chi connectivity index (χ1n) is 5.56. The second-order valence-corrected chi connectivity index (χ2v) is 7.73. The highest BCUT2D eigenvalue weighted by atomic mass is 32.2. The Balaban J connectivity index is 2.05. The van der Waals surface area contributed by atoms with Crippen molar-refractivity contribution in [2.24, 2.45) is 0 Å². The first-order chi connectivity index (χ1) is 9.20. The molecule has 8 nitrogen and oxygen atoms in total. The molecule has 2 aliphatic rings. The van der Waals surface area contributed by atoms with E-state index in [2.05, 4.69) is 5.32 Å². The molecule has 2 atom stereocenters. The molecule has 110 valence electrons. The molecule has 1 saturated heterocycles. The van der Waals surface area contributed by atoms with Crippen LogP contribution in [0.25, 0.3) is 0 Å². The molecular weight excluding hydrogens is 308 g/mol. The molecule has 2 aliphatic heterocycles. The molecule has 20 heavy (non-hydrogen) atoms. The van der Waals surface area contributed by atoms with Crippen LogP contribution < -0.4 is 5.32 Å². The third-order valence-electron chi connectivity index (χ3n) is 2.78. The topological polar surface area (TPSA) is 121 Å². The summed E-state index contributed by atoms with van der Waals surface area (Å²) in [4.78, 5) is 35.4. The number of carbonyl (C=O) groups is 3. The molecule has 1 unspecified atom stereocenters. The highest BCUT2D eigenvalue weighted by Crippen LogP contribution is 2.37. The fourth-order valence-corrected chi connectivity index (χ4v) is 3.75. The number of fused-ring (bicyclic) bond motifs is 1. The molecule has 0 aromatic carbocycles. The summed E-state index contributed by atoms with van der Waals surface area (Å²) in [6.45, 7) is 0. The lowest BCUT2D eigenvalue weighted by atomic mass is 10.1. The summed E-state index contributed by atoms with van der Waals surface area (Å²) in [5.74, 6) is -2.80. The number of carboxylic acid groups (broad SMARTS) is 1. The molecule has 0 aliphatic carbocycles. The molecule has 2 heterocycles. The van der Waals surface area contributed by atoms with E-state index in [1.54, 1.807) is 0 Å². The zero-order chi connectivity index (χ0) is 15.1. The maximum Gasteiger partial charge on any atom is 0.352 e. The number of nitrogens with one attached hydrogen (secondary N) is 1. The number of hydrogen-bond donors (Lipinski definition) is 2. The Morgan fingerprint density at radius 3 is 2.75 bits per heavy atom. The van der Waals surface area contributed by atoms with Gasteiger partial charge in [-0.05, 0) is 6.08 Å². The van der Waals surface area contributed by atoms with E-state index in [4.69, 9.17) is 5.11 Å². The third-order valence-corrected chi connectivity index (χ3v) is 4.75. The minimum atomic E-state index is -3.47. The summed E-state index contributed by atoms with van der Waals surface area (Å²) >= 11 is 1.31. The SMILES string of the molecule is CS(=O)(=O)CC(=O)NC1C(=O)N2C(C(=O)O)=CCS[C@H]12. The lowest BCUT2D eigenvalue weighted by Gasteiger charge is -2.48. The van der Waals surface area contributed by atoms with Crippen molar-refractivity contribution >= 4 is 39.4 Å². The number of hydrogen-bond acceptors (Lipinski definition) is 6. The smallest absolute Gasteiger partial charge is 0.352 e. The van der Waals surface area contributed by atoms with Gasteiger partial charge in [-0.1, -0.05) is 0 Å². The maximum absolute atomic E-state index is 11.9. The fourth-order valence-electron chi connectivity index (χ4n) is 1.99. The van der Waals surface area contributed by atoms with Gasteiger partial charge < -0.3 is 10.4 Å². The van der Waals surface area contributed by atoms with Gasteiger partial charge in [-0.25, -0.2) is 13.2 Å². The van der Waals surface area contributed by atoms with Gasteiger partial charge in [0.2, 0.25) is 5.91 Å². The second-order valence-electron chi connectivity index (χ2n) is 4.44. The standard InChI is InChI=1S/C10H12N2O6S2/c1-20(17,18)4-6(13)11-7-8(14)12-5(10(15)16)2-3-19-9(7)12/h2,7,9H,3-4H2,1H3,(H,11,13)(H,15,16)/t7?,9-/m1/s1. The largest absolute Gasteiger partial charge is 0.477 e. The zero-order valence-corrected chi connectivity index (χ0v) is 12.0. The van der Waals surface area contributed by atoms with Crippen LogP contribution in [0.1, 0.15) is 0 Å². The summed E-state index contributed by atoms with van der Waals surface area (Å²) in [6.07, 6.45) is 2.35. The Hall–Kier alpha value is -1.55. The number of aliphatic carboxylic acids is 1. The molecule has 0 bridgehead atoms. The molecule has 0 spiro atoms. The Labute approximate surface area is 119 Å². The van der Waals surface area contributed by atoms with E-state index in [1.165, 1.54) is 17.8 Å². The van der Waals surface area contributed by atoms with E-state index in [9.17, 15) is 22.8 Å². The summed E-state index contributed by atoms with van der Waals surface area (Å²) in [5.41, 5.74) is -0.104. The number of carbonyl (C=O) groups excluding carboxylic acids is 2. The van der Waals surface area contributed by atoms with Gasteiger partial charge in [-0.2, -0.15) is 0 Å². The summed E-state index contributed by atoms with van der Waals surface area (Å²) in [6, 6.07) is -0.878. The average molecular weight is 320 g/mol. The predicted molar refractivity (Wildman–Crippen MR) is 70.5 cm³/mol. The van der Waals surface area contributed by atoms with Crippen LogP contribution in [0.2, 0.25) is 0 Å². The van der Waals surface area contributed by atoms with Crippen LogP contribution in [0.4, 0.5) is 0 Å². The molecule has 0 radical (unpaired) electrons. The summed E-state index contributed by atoms with van der Waals surface area (Å²) in [5, 5.41) is 10.8. The molecule has 0 aromatic rings. The first-order valence-corrected chi connectivity index (χ1v) is 8.67.